The summed E-state index contributed by atoms with van der Waals surface area (Å²) in [6, 6.07) is 0. The number of carbonyl (C=O) groups is 1. The van der Waals surface area contributed by atoms with E-state index >= 15 is 0 Å². The minimum Gasteiger partial charge on any atom is -0.773 e. The topological polar surface area (TPSA) is 66.4 Å². The molecule has 0 aliphatic carbocycles. The number of rotatable bonds is 9. The first-order valence-electron chi connectivity index (χ1n) is 5.47. The van der Waals surface area contributed by atoms with E-state index in [4.69, 9.17) is 0 Å². The molecule has 0 spiro atoms. The van der Waals surface area contributed by atoms with E-state index in [0.29, 0.717) is 6.42 Å². The normalized spacial score (nSPS) is 13.9. The fraction of sp³-hybridized carbons (Fsp3) is 0.900. The largest absolute Gasteiger partial charge is 1.00 e. The molecule has 0 fully saturated rings. The van der Waals surface area contributed by atoms with Crippen LogP contribution in [0.4, 0.5) is 0 Å². The first kappa shape index (κ1) is 18.8. The van der Waals surface area contributed by atoms with Gasteiger partial charge in [0.25, 0.3) is 0 Å². The Morgan fingerprint density at radius 2 is 1.69 bits per heavy atom. The van der Waals surface area contributed by atoms with Crippen molar-refractivity contribution >= 4 is 13.1 Å². The van der Waals surface area contributed by atoms with Gasteiger partial charge in [-0.2, -0.15) is 0 Å². The van der Waals surface area contributed by atoms with Crippen molar-refractivity contribution in [2.75, 3.05) is 6.61 Å². The van der Waals surface area contributed by atoms with Crippen molar-refractivity contribution in [2.45, 2.75) is 52.4 Å². The second-order valence-corrected chi connectivity index (χ2v) is 5.50. The first-order valence-corrected chi connectivity index (χ1v) is 7.01. The Bertz CT molecular complexity index is 233. The van der Waals surface area contributed by atoms with Gasteiger partial charge in [-0.05, 0) is 6.42 Å². The predicted molar refractivity (Wildman–Crippen MR) is 57.6 cm³/mol. The van der Waals surface area contributed by atoms with Gasteiger partial charge in [0, 0.05) is 6.92 Å². The molecule has 0 saturated carbocycles. The Balaban J connectivity index is 0. The fourth-order valence-electron chi connectivity index (χ4n) is 1.16. The summed E-state index contributed by atoms with van der Waals surface area (Å²) in [4.78, 5) is 21.5. The Kier molecular flexibility index (Phi) is 12.4. The SMILES string of the molecule is CCCCCCCCOP(=O)([O-])C(C)=O.[Li+]. The van der Waals surface area contributed by atoms with E-state index in [1.807, 2.05) is 0 Å². The van der Waals surface area contributed by atoms with Crippen LogP contribution in [-0.4, -0.2) is 12.1 Å². The van der Waals surface area contributed by atoms with E-state index in [0.717, 1.165) is 19.8 Å². The molecular formula is C10H20LiO4P. The van der Waals surface area contributed by atoms with Crippen LogP contribution in [0.1, 0.15) is 52.4 Å². The Labute approximate surface area is 110 Å². The molecule has 0 bridgehead atoms. The summed E-state index contributed by atoms with van der Waals surface area (Å²) in [6.07, 6.45) is 6.34. The molecule has 0 aromatic carbocycles. The summed E-state index contributed by atoms with van der Waals surface area (Å²) in [7, 11) is -4.21. The number of unbranched alkanes of at least 4 members (excludes halogenated alkanes) is 5. The minimum atomic E-state index is -4.21. The van der Waals surface area contributed by atoms with Crippen LogP contribution in [0, 0.1) is 0 Å². The molecule has 0 N–H and O–H groups in total. The smallest absolute Gasteiger partial charge is 0.773 e. The second kappa shape index (κ2) is 10.6. The molecule has 0 aromatic rings. The molecule has 0 heterocycles. The second-order valence-electron chi connectivity index (χ2n) is 3.62. The zero-order valence-electron chi connectivity index (χ0n) is 10.5. The van der Waals surface area contributed by atoms with Gasteiger partial charge < -0.3 is 14.0 Å². The molecule has 0 radical (unpaired) electrons. The van der Waals surface area contributed by atoms with Crippen LogP contribution in [0.15, 0.2) is 0 Å². The molecule has 16 heavy (non-hydrogen) atoms. The number of hydrogen-bond acceptors (Lipinski definition) is 4. The monoisotopic (exact) mass is 242 g/mol. The maximum Gasteiger partial charge on any atom is 1.00 e. The number of carbonyl (C=O) groups excluding carboxylic acids is 1. The van der Waals surface area contributed by atoms with Crippen LogP contribution in [-0.2, 0) is 13.9 Å². The maximum atomic E-state index is 10.9. The van der Waals surface area contributed by atoms with Crippen molar-refractivity contribution in [1.29, 1.82) is 0 Å². The molecular weight excluding hydrogens is 222 g/mol. The zero-order chi connectivity index (χ0) is 11.7. The fourth-order valence-corrected chi connectivity index (χ4v) is 1.71. The summed E-state index contributed by atoms with van der Waals surface area (Å²) in [5, 5.41) is 0. The minimum absolute atomic E-state index is 0. The average molecular weight is 242 g/mol. The Morgan fingerprint density at radius 3 is 2.19 bits per heavy atom. The van der Waals surface area contributed by atoms with Crippen molar-refractivity contribution < 1.29 is 37.6 Å². The molecule has 1 unspecified atom stereocenters. The average Bonchev–Trinajstić information content (AvgIpc) is 2.16. The Hall–Kier alpha value is 0.417. The van der Waals surface area contributed by atoms with Crippen LogP contribution in [0.2, 0.25) is 0 Å². The standard InChI is InChI=1S/C10H21O4P.Li/c1-3-4-5-6-7-8-9-14-15(12,13)10(2)11;/h3-9H2,1-2H3,(H,12,13);/q;+1/p-1. The van der Waals surface area contributed by atoms with Crippen LogP contribution in [0.25, 0.3) is 0 Å². The van der Waals surface area contributed by atoms with Gasteiger partial charge in [0.15, 0.2) is 7.60 Å². The molecule has 0 saturated heterocycles. The number of hydrogen-bond donors (Lipinski definition) is 0. The van der Waals surface area contributed by atoms with Gasteiger partial charge in [-0.25, -0.2) is 0 Å². The zero-order valence-corrected chi connectivity index (χ0v) is 11.4. The van der Waals surface area contributed by atoms with E-state index in [9.17, 15) is 14.3 Å². The maximum absolute atomic E-state index is 10.9. The van der Waals surface area contributed by atoms with Crippen molar-refractivity contribution in [2.24, 2.45) is 0 Å². The predicted octanol–water partition coefficient (Wildman–Crippen LogP) is -0.533. The van der Waals surface area contributed by atoms with Gasteiger partial charge in [-0.15, -0.1) is 0 Å². The molecule has 90 valence electrons. The quantitative estimate of drug-likeness (QED) is 0.309. The summed E-state index contributed by atoms with van der Waals surface area (Å²) in [5.41, 5.74) is -0.895. The summed E-state index contributed by atoms with van der Waals surface area (Å²) in [5.74, 6) is 0. The van der Waals surface area contributed by atoms with Crippen LogP contribution < -0.4 is 23.8 Å². The van der Waals surface area contributed by atoms with Gasteiger partial charge in [0.1, 0.15) is 0 Å². The third-order valence-electron chi connectivity index (χ3n) is 2.14. The summed E-state index contributed by atoms with van der Waals surface area (Å²) >= 11 is 0. The van der Waals surface area contributed by atoms with Gasteiger partial charge in [0.2, 0.25) is 5.52 Å². The molecule has 1 atom stereocenters. The molecule has 4 nitrogen and oxygen atoms in total. The van der Waals surface area contributed by atoms with E-state index in [1.54, 1.807) is 0 Å². The van der Waals surface area contributed by atoms with Gasteiger partial charge >= 0.3 is 18.9 Å². The molecule has 0 rings (SSSR count). The van der Waals surface area contributed by atoms with Crippen molar-refractivity contribution in [1.82, 2.24) is 0 Å². The Morgan fingerprint density at radius 1 is 1.19 bits per heavy atom. The van der Waals surface area contributed by atoms with Gasteiger partial charge in [-0.3, -0.25) is 4.79 Å². The molecule has 6 heteroatoms. The van der Waals surface area contributed by atoms with E-state index in [-0.39, 0.29) is 25.5 Å². The van der Waals surface area contributed by atoms with Crippen LogP contribution >= 0.6 is 7.60 Å². The summed E-state index contributed by atoms with van der Waals surface area (Å²) in [6.45, 7) is 3.28. The van der Waals surface area contributed by atoms with Crippen molar-refractivity contribution in [3.63, 3.8) is 0 Å². The summed E-state index contributed by atoms with van der Waals surface area (Å²) < 4.78 is 15.5. The van der Waals surface area contributed by atoms with Crippen molar-refractivity contribution in [3.8, 4) is 0 Å². The van der Waals surface area contributed by atoms with Crippen molar-refractivity contribution in [3.05, 3.63) is 0 Å². The van der Waals surface area contributed by atoms with Gasteiger partial charge in [0.05, 0.1) is 6.61 Å². The third kappa shape index (κ3) is 9.63. The first-order chi connectivity index (χ1) is 7.00. The molecule has 0 aliphatic heterocycles. The van der Waals surface area contributed by atoms with Crippen LogP contribution in [0.3, 0.4) is 0 Å². The van der Waals surface area contributed by atoms with E-state index in [2.05, 4.69) is 11.4 Å². The third-order valence-corrected chi connectivity index (χ3v) is 3.44. The molecule has 0 amide bonds. The molecule has 0 aliphatic rings. The van der Waals surface area contributed by atoms with E-state index in [1.165, 1.54) is 19.3 Å². The van der Waals surface area contributed by atoms with E-state index < -0.39 is 13.1 Å². The molecule has 0 aromatic heterocycles. The van der Waals surface area contributed by atoms with Gasteiger partial charge in [-0.1, -0.05) is 39.0 Å². The van der Waals surface area contributed by atoms with Crippen LogP contribution in [0.5, 0.6) is 0 Å².